The maximum atomic E-state index is 13.3. The van der Waals surface area contributed by atoms with Gasteiger partial charge in [0.15, 0.2) is 0 Å². The van der Waals surface area contributed by atoms with Crippen molar-refractivity contribution in [3.05, 3.63) is 77.3 Å². The number of aromatic nitrogens is 3. The molecule has 0 bridgehead atoms. The van der Waals surface area contributed by atoms with Gasteiger partial charge in [0.2, 0.25) is 5.95 Å². The summed E-state index contributed by atoms with van der Waals surface area (Å²) in [6.45, 7) is 1.79. The van der Waals surface area contributed by atoms with Crippen molar-refractivity contribution in [2.75, 3.05) is 17.7 Å². The molecule has 9 nitrogen and oxygen atoms in total. The number of anilines is 2. The number of hydrogen-bond acceptors (Lipinski definition) is 6. The van der Waals surface area contributed by atoms with Crippen molar-refractivity contribution in [2.24, 2.45) is 0 Å². The Balaban J connectivity index is 1.75. The Kier molecular flexibility index (Phi) is 4.93. The summed E-state index contributed by atoms with van der Waals surface area (Å²) in [7, 11) is 1.53. The van der Waals surface area contributed by atoms with E-state index in [0.29, 0.717) is 34.2 Å². The van der Waals surface area contributed by atoms with Gasteiger partial charge in [-0.05, 0) is 36.8 Å². The summed E-state index contributed by atoms with van der Waals surface area (Å²) < 4.78 is 6.92. The second-order valence-corrected chi connectivity index (χ2v) is 6.68. The van der Waals surface area contributed by atoms with Gasteiger partial charge >= 0.3 is 5.97 Å². The summed E-state index contributed by atoms with van der Waals surface area (Å²) in [5, 5.41) is 19.4. The number of nitrogens with one attached hydrogen (secondary N) is 2. The molecule has 4 rings (SSSR count). The van der Waals surface area contributed by atoms with Crippen LogP contribution >= 0.6 is 0 Å². The van der Waals surface area contributed by atoms with E-state index in [0.717, 1.165) is 0 Å². The molecule has 0 fully saturated rings. The Morgan fingerprint density at radius 1 is 1.17 bits per heavy atom. The van der Waals surface area contributed by atoms with Crippen LogP contribution in [-0.4, -0.2) is 38.9 Å². The molecule has 2 heterocycles. The van der Waals surface area contributed by atoms with Crippen LogP contribution in [0.4, 0.5) is 11.6 Å². The van der Waals surface area contributed by atoms with E-state index in [2.05, 4.69) is 20.7 Å². The molecular weight excluding hydrogens is 386 g/mol. The molecule has 0 radical (unpaired) electrons. The smallest absolute Gasteiger partial charge is 0.335 e. The number of para-hydroxylation sites is 2. The highest BCUT2D eigenvalue weighted by atomic mass is 16.5. The first kappa shape index (κ1) is 19.2. The Bertz CT molecular complexity index is 1150. The van der Waals surface area contributed by atoms with E-state index < -0.39 is 12.0 Å². The fourth-order valence-corrected chi connectivity index (χ4v) is 3.44. The van der Waals surface area contributed by atoms with Gasteiger partial charge in [-0.25, -0.2) is 9.48 Å². The number of aromatic carboxylic acids is 1. The predicted molar refractivity (Wildman–Crippen MR) is 110 cm³/mol. The van der Waals surface area contributed by atoms with Gasteiger partial charge in [0.05, 0.1) is 23.9 Å². The summed E-state index contributed by atoms with van der Waals surface area (Å²) >= 11 is 0. The Morgan fingerprint density at radius 3 is 2.60 bits per heavy atom. The van der Waals surface area contributed by atoms with Crippen molar-refractivity contribution in [1.29, 1.82) is 0 Å². The molecule has 1 atom stereocenters. The summed E-state index contributed by atoms with van der Waals surface area (Å²) in [6.07, 6.45) is 1.40. The Hall–Kier alpha value is -4.14. The molecule has 30 heavy (non-hydrogen) atoms. The summed E-state index contributed by atoms with van der Waals surface area (Å²) in [6, 6.07) is 12.9. The zero-order chi connectivity index (χ0) is 21.3. The Morgan fingerprint density at radius 2 is 1.90 bits per heavy atom. The van der Waals surface area contributed by atoms with Crippen molar-refractivity contribution >= 4 is 23.5 Å². The van der Waals surface area contributed by atoms with Crippen LogP contribution in [0.3, 0.4) is 0 Å². The van der Waals surface area contributed by atoms with E-state index in [1.165, 1.54) is 25.6 Å². The average Bonchev–Trinajstić information content (AvgIpc) is 3.21. The minimum atomic E-state index is -1.02. The maximum absolute atomic E-state index is 13.3. The topological polar surface area (TPSA) is 118 Å². The first-order valence-electron chi connectivity index (χ1n) is 9.14. The zero-order valence-corrected chi connectivity index (χ0v) is 16.3. The highest BCUT2D eigenvalue weighted by molar-refractivity contribution is 6.06. The number of benzene rings is 2. The van der Waals surface area contributed by atoms with Gasteiger partial charge in [-0.2, -0.15) is 10.1 Å². The van der Waals surface area contributed by atoms with Crippen LogP contribution < -0.4 is 15.4 Å². The number of carbonyl (C=O) groups is 2. The number of hydrogen-bond donors (Lipinski definition) is 3. The molecule has 0 spiro atoms. The molecule has 152 valence electrons. The highest BCUT2D eigenvalue weighted by Gasteiger charge is 2.33. The van der Waals surface area contributed by atoms with Crippen LogP contribution in [-0.2, 0) is 4.79 Å². The van der Waals surface area contributed by atoms with Gasteiger partial charge in [-0.3, -0.25) is 4.79 Å². The molecule has 1 aromatic heterocycles. The lowest BCUT2D eigenvalue weighted by molar-refractivity contribution is -0.113. The van der Waals surface area contributed by atoms with Gasteiger partial charge < -0.3 is 20.5 Å². The Labute approximate surface area is 172 Å². The van der Waals surface area contributed by atoms with Gasteiger partial charge in [0.1, 0.15) is 18.1 Å². The third kappa shape index (κ3) is 3.37. The first-order valence-corrected chi connectivity index (χ1v) is 9.14. The van der Waals surface area contributed by atoms with Gasteiger partial charge in [0.25, 0.3) is 5.91 Å². The average molecular weight is 405 g/mol. The first-order chi connectivity index (χ1) is 14.5. The lowest BCUT2D eigenvalue weighted by Gasteiger charge is -2.29. The standard InChI is InChI=1S/C21H19N5O4/c1-12-17(19(27)25-15-5-3-4-6-16(15)30-2)18(26-21(24-12)22-11-23-26)13-7-9-14(10-8-13)20(28)29/h3-11,18H,1-2H3,(H,25,27)(H,28,29)(H,22,23,24). The molecule has 2 aromatic carbocycles. The second kappa shape index (κ2) is 7.70. The molecule has 0 saturated heterocycles. The molecule has 1 amide bonds. The fourth-order valence-electron chi connectivity index (χ4n) is 3.44. The van der Waals surface area contributed by atoms with E-state index in [1.54, 1.807) is 41.9 Å². The van der Waals surface area contributed by atoms with Crippen molar-refractivity contribution in [1.82, 2.24) is 14.8 Å². The molecule has 0 aliphatic carbocycles. The van der Waals surface area contributed by atoms with Crippen molar-refractivity contribution in [2.45, 2.75) is 13.0 Å². The quantitative estimate of drug-likeness (QED) is 0.597. The monoisotopic (exact) mass is 405 g/mol. The second-order valence-electron chi connectivity index (χ2n) is 6.68. The zero-order valence-electron chi connectivity index (χ0n) is 16.3. The van der Waals surface area contributed by atoms with Crippen LogP contribution in [0.5, 0.6) is 5.75 Å². The fraction of sp³-hybridized carbons (Fsp3) is 0.143. The number of rotatable bonds is 5. The third-order valence-electron chi connectivity index (χ3n) is 4.87. The summed E-state index contributed by atoms with van der Waals surface area (Å²) in [5.74, 6) is -0.322. The number of nitrogens with zero attached hydrogens (tertiary/aromatic N) is 3. The van der Waals surface area contributed by atoms with Gasteiger partial charge in [-0.15, -0.1) is 0 Å². The van der Waals surface area contributed by atoms with Crippen LogP contribution in [0.1, 0.15) is 28.9 Å². The van der Waals surface area contributed by atoms with E-state index in [9.17, 15) is 14.7 Å². The van der Waals surface area contributed by atoms with E-state index in [4.69, 9.17) is 4.74 Å². The number of fused-ring (bicyclic) bond motifs is 1. The van der Waals surface area contributed by atoms with Crippen molar-refractivity contribution in [3.63, 3.8) is 0 Å². The number of carboxylic acids is 1. The van der Waals surface area contributed by atoms with Crippen LogP contribution in [0.2, 0.25) is 0 Å². The van der Waals surface area contributed by atoms with E-state index in [1.807, 2.05) is 6.07 Å². The number of ether oxygens (including phenoxy) is 1. The third-order valence-corrected chi connectivity index (χ3v) is 4.87. The molecule has 0 saturated carbocycles. The molecule has 1 unspecified atom stereocenters. The highest BCUT2D eigenvalue weighted by Crippen LogP contribution is 2.36. The van der Waals surface area contributed by atoms with Crippen molar-refractivity contribution in [3.8, 4) is 5.75 Å². The van der Waals surface area contributed by atoms with Crippen molar-refractivity contribution < 1.29 is 19.4 Å². The van der Waals surface area contributed by atoms with E-state index >= 15 is 0 Å². The predicted octanol–water partition coefficient (Wildman–Crippen LogP) is 2.91. The molecular formula is C21H19N5O4. The minimum absolute atomic E-state index is 0.159. The van der Waals surface area contributed by atoms with Gasteiger partial charge in [-0.1, -0.05) is 24.3 Å². The number of amides is 1. The largest absolute Gasteiger partial charge is 0.495 e. The van der Waals surface area contributed by atoms with Crippen LogP contribution in [0.15, 0.2) is 66.1 Å². The maximum Gasteiger partial charge on any atom is 0.335 e. The summed E-state index contributed by atoms with van der Waals surface area (Å²) in [5.41, 5.74) is 2.46. The molecule has 1 aliphatic rings. The number of carboxylic acid groups (broad SMARTS) is 1. The summed E-state index contributed by atoms with van der Waals surface area (Å²) in [4.78, 5) is 28.7. The number of carbonyl (C=O) groups excluding carboxylic acids is 1. The lowest BCUT2D eigenvalue weighted by atomic mass is 9.94. The van der Waals surface area contributed by atoms with Gasteiger partial charge in [0, 0.05) is 5.70 Å². The molecule has 1 aliphatic heterocycles. The van der Waals surface area contributed by atoms with Crippen LogP contribution in [0.25, 0.3) is 0 Å². The molecule has 3 N–H and O–H groups in total. The van der Waals surface area contributed by atoms with Crippen LogP contribution in [0, 0.1) is 0 Å². The normalized spacial score (nSPS) is 15.2. The molecule has 9 heteroatoms. The number of methoxy groups -OCH3 is 1. The van der Waals surface area contributed by atoms with E-state index in [-0.39, 0.29) is 11.5 Å². The lowest BCUT2D eigenvalue weighted by Crippen LogP contribution is -2.31. The SMILES string of the molecule is COc1ccccc1NC(=O)C1=C(C)Nc2ncnn2C1c1ccc(C(=O)O)cc1. The molecule has 3 aromatic rings. The minimum Gasteiger partial charge on any atom is -0.495 e. The number of allylic oxidation sites excluding steroid dienone is 1.